The van der Waals surface area contributed by atoms with Gasteiger partial charge in [-0.25, -0.2) is 0 Å². The van der Waals surface area contributed by atoms with E-state index in [1.165, 1.54) is 5.56 Å². The van der Waals surface area contributed by atoms with Crippen LogP contribution < -0.4 is 5.32 Å². The highest BCUT2D eigenvalue weighted by atomic mass is 35.5. The van der Waals surface area contributed by atoms with Crippen molar-refractivity contribution in [2.45, 2.75) is 31.8 Å². The molecular formula is C26H25ClN2O2. The second kappa shape index (κ2) is 9.36. The maximum absolute atomic E-state index is 13.2. The Morgan fingerprint density at radius 2 is 1.68 bits per heavy atom. The van der Waals surface area contributed by atoms with E-state index in [0.29, 0.717) is 23.7 Å². The average Bonchev–Trinajstić information content (AvgIpc) is 3.09. The van der Waals surface area contributed by atoms with Crippen LogP contribution in [0.5, 0.6) is 0 Å². The molecule has 4 rings (SSSR count). The van der Waals surface area contributed by atoms with Crippen LogP contribution in [0.25, 0.3) is 0 Å². The lowest BCUT2D eigenvalue weighted by atomic mass is 9.97. The first-order valence-corrected chi connectivity index (χ1v) is 10.9. The van der Waals surface area contributed by atoms with Gasteiger partial charge in [0.2, 0.25) is 5.91 Å². The van der Waals surface area contributed by atoms with Crippen LogP contribution in [-0.2, 0) is 11.3 Å². The summed E-state index contributed by atoms with van der Waals surface area (Å²) in [5.74, 6) is 0.00360. The maximum Gasteiger partial charge on any atom is 0.255 e. The normalized spacial score (nSPS) is 16.1. The zero-order valence-corrected chi connectivity index (χ0v) is 18.2. The molecule has 1 aliphatic rings. The van der Waals surface area contributed by atoms with Crippen LogP contribution >= 0.6 is 11.6 Å². The number of carbonyl (C=O) groups excluding carboxylic acids is 2. The summed E-state index contributed by atoms with van der Waals surface area (Å²) >= 11 is 6.23. The van der Waals surface area contributed by atoms with Gasteiger partial charge in [0.1, 0.15) is 6.04 Å². The fourth-order valence-electron chi connectivity index (χ4n) is 4.09. The molecule has 0 saturated carbocycles. The third kappa shape index (κ3) is 4.49. The summed E-state index contributed by atoms with van der Waals surface area (Å²) in [5, 5.41) is 3.59. The minimum absolute atomic E-state index is 0.0891. The smallest absolute Gasteiger partial charge is 0.255 e. The third-order valence-corrected chi connectivity index (χ3v) is 6.26. The van der Waals surface area contributed by atoms with Gasteiger partial charge in [0.15, 0.2) is 0 Å². The standard InChI is InChI=1S/C26H25ClN2O2/c1-18(19-9-3-2-4-10-19)15-16-29-24(21-12-6-7-13-22(21)26(29)31)25(30)28-17-20-11-5-8-14-23(20)27/h2-14,18,24H,15-17H2,1H3,(H,28,30). The van der Waals surface area contributed by atoms with E-state index in [1.54, 1.807) is 17.0 Å². The minimum Gasteiger partial charge on any atom is -0.350 e. The summed E-state index contributed by atoms with van der Waals surface area (Å²) in [4.78, 5) is 28.0. The van der Waals surface area contributed by atoms with E-state index in [4.69, 9.17) is 11.6 Å². The van der Waals surface area contributed by atoms with E-state index < -0.39 is 6.04 Å². The number of nitrogens with one attached hydrogen (secondary N) is 1. The Kier molecular flexibility index (Phi) is 6.38. The molecule has 2 atom stereocenters. The van der Waals surface area contributed by atoms with Gasteiger partial charge in [-0.05, 0) is 41.2 Å². The molecule has 3 aromatic rings. The first kappa shape index (κ1) is 21.1. The molecule has 3 aromatic carbocycles. The summed E-state index contributed by atoms with van der Waals surface area (Å²) in [6.07, 6.45) is 0.776. The van der Waals surface area contributed by atoms with Gasteiger partial charge in [0.05, 0.1) is 0 Å². The van der Waals surface area contributed by atoms with Gasteiger partial charge in [0.25, 0.3) is 5.91 Å². The molecule has 0 radical (unpaired) electrons. The average molecular weight is 433 g/mol. The highest BCUT2D eigenvalue weighted by molar-refractivity contribution is 6.31. The molecule has 0 saturated heterocycles. The third-order valence-electron chi connectivity index (χ3n) is 5.89. The summed E-state index contributed by atoms with van der Waals surface area (Å²) < 4.78 is 0. The lowest BCUT2D eigenvalue weighted by Gasteiger charge is -2.26. The fraction of sp³-hybridized carbons (Fsp3) is 0.231. The van der Waals surface area contributed by atoms with Gasteiger partial charge in [0, 0.05) is 23.7 Å². The van der Waals surface area contributed by atoms with Crippen molar-refractivity contribution in [3.8, 4) is 0 Å². The van der Waals surface area contributed by atoms with Crippen molar-refractivity contribution in [1.82, 2.24) is 10.2 Å². The molecule has 1 aliphatic heterocycles. The van der Waals surface area contributed by atoms with Crippen molar-refractivity contribution in [3.63, 3.8) is 0 Å². The minimum atomic E-state index is -0.630. The van der Waals surface area contributed by atoms with Crippen molar-refractivity contribution in [2.24, 2.45) is 0 Å². The Morgan fingerprint density at radius 1 is 1.00 bits per heavy atom. The van der Waals surface area contributed by atoms with E-state index in [2.05, 4.69) is 24.4 Å². The summed E-state index contributed by atoms with van der Waals surface area (Å²) in [5.41, 5.74) is 3.44. The molecule has 0 bridgehead atoms. The van der Waals surface area contributed by atoms with Crippen LogP contribution in [0.3, 0.4) is 0 Å². The first-order chi connectivity index (χ1) is 15.1. The van der Waals surface area contributed by atoms with E-state index >= 15 is 0 Å². The van der Waals surface area contributed by atoms with Gasteiger partial charge in [-0.3, -0.25) is 9.59 Å². The van der Waals surface area contributed by atoms with Crippen molar-refractivity contribution < 1.29 is 9.59 Å². The zero-order valence-electron chi connectivity index (χ0n) is 17.4. The van der Waals surface area contributed by atoms with Crippen molar-refractivity contribution in [2.75, 3.05) is 6.54 Å². The quantitative estimate of drug-likeness (QED) is 0.547. The Bertz CT molecular complexity index is 1080. The SMILES string of the molecule is CC(CCN1C(=O)c2ccccc2C1C(=O)NCc1ccccc1Cl)c1ccccc1. The second-order valence-corrected chi connectivity index (χ2v) is 8.31. The summed E-state index contributed by atoms with van der Waals surface area (Å²) in [6.45, 7) is 2.98. The van der Waals surface area contributed by atoms with Crippen LogP contribution in [0.1, 0.15) is 52.4 Å². The first-order valence-electron chi connectivity index (χ1n) is 10.5. The van der Waals surface area contributed by atoms with E-state index in [-0.39, 0.29) is 17.7 Å². The maximum atomic E-state index is 13.2. The van der Waals surface area contributed by atoms with Gasteiger partial charge < -0.3 is 10.2 Å². The number of carbonyl (C=O) groups is 2. The monoisotopic (exact) mass is 432 g/mol. The van der Waals surface area contributed by atoms with Crippen LogP contribution in [0, 0.1) is 0 Å². The molecule has 1 N–H and O–H groups in total. The van der Waals surface area contributed by atoms with Crippen LogP contribution in [0.4, 0.5) is 0 Å². The number of rotatable bonds is 7. The van der Waals surface area contributed by atoms with Crippen molar-refractivity contribution in [3.05, 3.63) is 106 Å². The van der Waals surface area contributed by atoms with Crippen LogP contribution in [0.15, 0.2) is 78.9 Å². The van der Waals surface area contributed by atoms with Gasteiger partial charge in [-0.1, -0.05) is 85.3 Å². The van der Waals surface area contributed by atoms with Crippen LogP contribution in [-0.4, -0.2) is 23.3 Å². The lowest BCUT2D eigenvalue weighted by Crippen LogP contribution is -2.39. The fourth-order valence-corrected chi connectivity index (χ4v) is 4.29. The van der Waals surface area contributed by atoms with Crippen LogP contribution in [0.2, 0.25) is 5.02 Å². The molecule has 4 nitrogen and oxygen atoms in total. The number of amides is 2. The van der Waals surface area contributed by atoms with Crippen molar-refractivity contribution >= 4 is 23.4 Å². The molecular weight excluding hydrogens is 408 g/mol. The molecule has 0 aromatic heterocycles. The molecule has 5 heteroatoms. The van der Waals surface area contributed by atoms with E-state index in [9.17, 15) is 9.59 Å². The molecule has 158 valence electrons. The Hall–Kier alpha value is -3.11. The number of nitrogens with zero attached hydrogens (tertiary/aromatic N) is 1. The van der Waals surface area contributed by atoms with Gasteiger partial charge >= 0.3 is 0 Å². The highest BCUT2D eigenvalue weighted by Gasteiger charge is 2.40. The molecule has 31 heavy (non-hydrogen) atoms. The number of halogens is 1. The lowest BCUT2D eigenvalue weighted by molar-refractivity contribution is -0.125. The Morgan fingerprint density at radius 3 is 2.45 bits per heavy atom. The summed E-state index contributed by atoms with van der Waals surface area (Å²) in [6, 6.07) is 24.4. The Balaban J connectivity index is 1.51. The Labute approximate surface area is 187 Å². The molecule has 2 unspecified atom stereocenters. The summed E-state index contributed by atoms with van der Waals surface area (Å²) in [7, 11) is 0. The number of fused-ring (bicyclic) bond motifs is 1. The predicted molar refractivity (Wildman–Crippen MR) is 123 cm³/mol. The van der Waals surface area contributed by atoms with E-state index in [0.717, 1.165) is 17.5 Å². The van der Waals surface area contributed by atoms with E-state index in [1.807, 2.05) is 54.6 Å². The zero-order chi connectivity index (χ0) is 21.8. The predicted octanol–water partition coefficient (Wildman–Crippen LogP) is 5.35. The second-order valence-electron chi connectivity index (χ2n) is 7.90. The van der Waals surface area contributed by atoms with Gasteiger partial charge in [-0.15, -0.1) is 0 Å². The number of hydrogen-bond donors (Lipinski definition) is 1. The van der Waals surface area contributed by atoms with Gasteiger partial charge in [-0.2, -0.15) is 0 Å². The molecule has 0 aliphatic carbocycles. The number of benzene rings is 3. The molecule has 2 amide bonds. The highest BCUT2D eigenvalue weighted by Crippen LogP contribution is 2.35. The molecule has 0 spiro atoms. The molecule has 0 fully saturated rings. The topological polar surface area (TPSA) is 49.4 Å². The molecule has 1 heterocycles. The van der Waals surface area contributed by atoms with Crippen molar-refractivity contribution in [1.29, 1.82) is 0 Å². The largest absolute Gasteiger partial charge is 0.350 e. The number of hydrogen-bond acceptors (Lipinski definition) is 2.